The zero-order chi connectivity index (χ0) is 13.9. The molecule has 1 heterocycles. The quantitative estimate of drug-likeness (QED) is 0.839. The molecule has 102 valence electrons. The van der Waals surface area contributed by atoms with E-state index >= 15 is 0 Å². The SMILES string of the molecule is O=C(Nc1ccc(F)cc1)N1CCCc2ccccc21. The molecule has 3 rings (SSSR count). The van der Waals surface area contributed by atoms with Crippen molar-refractivity contribution in [2.24, 2.45) is 0 Å². The molecule has 2 aromatic carbocycles. The molecule has 0 spiro atoms. The minimum Gasteiger partial charge on any atom is -0.308 e. The Labute approximate surface area is 117 Å². The number of hydrogen-bond donors (Lipinski definition) is 1. The molecular formula is C16H15FN2O. The Kier molecular flexibility index (Phi) is 3.37. The zero-order valence-corrected chi connectivity index (χ0v) is 11.0. The highest BCUT2D eigenvalue weighted by molar-refractivity contribution is 6.02. The number of aryl methyl sites for hydroxylation is 1. The Bertz CT molecular complexity index is 625. The van der Waals surface area contributed by atoms with Gasteiger partial charge in [-0.25, -0.2) is 9.18 Å². The van der Waals surface area contributed by atoms with Crippen LogP contribution in [-0.2, 0) is 6.42 Å². The number of fused-ring (bicyclic) bond motifs is 1. The van der Waals surface area contributed by atoms with Crippen molar-refractivity contribution in [2.45, 2.75) is 12.8 Å². The van der Waals surface area contributed by atoms with Gasteiger partial charge in [-0.1, -0.05) is 18.2 Å². The number of nitrogens with one attached hydrogen (secondary N) is 1. The van der Waals surface area contributed by atoms with E-state index in [0.29, 0.717) is 12.2 Å². The van der Waals surface area contributed by atoms with Crippen LogP contribution in [-0.4, -0.2) is 12.6 Å². The van der Waals surface area contributed by atoms with Gasteiger partial charge in [0.2, 0.25) is 0 Å². The normalized spacial score (nSPS) is 13.8. The maximum Gasteiger partial charge on any atom is 0.326 e. The fourth-order valence-electron chi connectivity index (χ4n) is 2.47. The molecule has 1 aliphatic heterocycles. The van der Waals surface area contributed by atoms with Crippen LogP contribution in [0, 0.1) is 5.82 Å². The molecule has 20 heavy (non-hydrogen) atoms. The van der Waals surface area contributed by atoms with E-state index in [2.05, 4.69) is 5.32 Å². The molecule has 0 bridgehead atoms. The second-order valence-corrected chi connectivity index (χ2v) is 4.82. The number of halogens is 1. The van der Waals surface area contributed by atoms with Gasteiger partial charge in [0.25, 0.3) is 0 Å². The fourth-order valence-corrected chi connectivity index (χ4v) is 2.47. The summed E-state index contributed by atoms with van der Waals surface area (Å²) >= 11 is 0. The number of hydrogen-bond acceptors (Lipinski definition) is 1. The van der Waals surface area contributed by atoms with Crippen LogP contribution in [0.1, 0.15) is 12.0 Å². The first-order valence-electron chi connectivity index (χ1n) is 6.66. The van der Waals surface area contributed by atoms with Crippen molar-refractivity contribution in [2.75, 3.05) is 16.8 Å². The number of benzene rings is 2. The molecule has 4 heteroatoms. The van der Waals surface area contributed by atoms with E-state index in [1.807, 2.05) is 24.3 Å². The van der Waals surface area contributed by atoms with Gasteiger partial charge >= 0.3 is 6.03 Å². The molecule has 2 amide bonds. The van der Waals surface area contributed by atoms with Crippen LogP contribution < -0.4 is 10.2 Å². The Balaban J connectivity index is 1.80. The second-order valence-electron chi connectivity index (χ2n) is 4.82. The van der Waals surface area contributed by atoms with Crippen LogP contribution in [0.4, 0.5) is 20.6 Å². The molecule has 0 saturated carbocycles. The molecule has 1 N–H and O–H groups in total. The van der Waals surface area contributed by atoms with Gasteiger partial charge in [-0.15, -0.1) is 0 Å². The van der Waals surface area contributed by atoms with E-state index in [0.717, 1.165) is 18.5 Å². The average Bonchev–Trinajstić information content (AvgIpc) is 2.49. The minimum atomic E-state index is -0.314. The Morgan fingerprint density at radius 1 is 1.10 bits per heavy atom. The second kappa shape index (κ2) is 5.33. The van der Waals surface area contributed by atoms with Crippen molar-refractivity contribution in [3.8, 4) is 0 Å². The topological polar surface area (TPSA) is 32.3 Å². The standard InChI is InChI=1S/C16H15FN2O/c17-13-7-9-14(10-8-13)18-16(20)19-11-3-5-12-4-1-2-6-15(12)19/h1-2,4,6-10H,3,5,11H2,(H,18,20). The van der Waals surface area contributed by atoms with E-state index in [4.69, 9.17) is 0 Å². The van der Waals surface area contributed by atoms with Crippen LogP contribution in [0.15, 0.2) is 48.5 Å². The van der Waals surface area contributed by atoms with Crippen LogP contribution in [0.2, 0.25) is 0 Å². The fraction of sp³-hybridized carbons (Fsp3) is 0.188. The molecule has 0 unspecified atom stereocenters. The van der Waals surface area contributed by atoms with Crippen molar-refractivity contribution in [3.05, 3.63) is 59.9 Å². The third-order valence-corrected chi connectivity index (χ3v) is 3.45. The first-order valence-corrected chi connectivity index (χ1v) is 6.66. The first kappa shape index (κ1) is 12.7. The number of anilines is 2. The maximum absolute atomic E-state index is 12.9. The number of para-hydroxylation sites is 1. The Morgan fingerprint density at radius 3 is 2.65 bits per heavy atom. The number of urea groups is 1. The summed E-state index contributed by atoms with van der Waals surface area (Å²) in [7, 11) is 0. The van der Waals surface area contributed by atoms with Crippen LogP contribution in [0.25, 0.3) is 0 Å². The van der Waals surface area contributed by atoms with Crippen LogP contribution in [0.5, 0.6) is 0 Å². The van der Waals surface area contributed by atoms with Gasteiger partial charge < -0.3 is 5.32 Å². The first-order chi connectivity index (χ1) is 9.74. The Hall–Kier alpha value is -2.36. The smallest absolute Gasteiger partial charge is 0.308 e. The summed E-state index contributed by atoms with van der Waals surface area (Å²) in [6.07, 6.45) is 1.95. The molecule has 0 fully saturated rings. The lowest BCUT2D eigenvalue weighted by atomic mass is 10.0. The highest BCUT2D eigenvalue weighted by atomic mass is 19.1. The lowest BCUT2D eigenvalue weighted by Crippen LogP contribution is -2.38. The predicted octanol–water partition coefficient (Wildman–Crippen LogP) is 3.81. The highest BCUT2D eigenvalue weighted by Crippen LogP contribution is 2.27. The maximum atomic E-state index is 12.9. The summed E-state index contributed by atoms with van der Waals surface area (Å²) in [5, 5.41) is 2.80. The van der Waals surface area contributed by atoms with Crippen LogP contribution >= 0.6 is 0 Å². The number of carbonyl (C=O) groups excluding carboxylic acids is 1. The summed E-state index contributed by atoms with van der Waals surface area (Å²) in [4.78, 5) is 14.1. The number of rotatable bonds is 1. The molecule has 3 nitrogen and oxygen atoms in total. The lowest BCUT2D eigenvalue weighted by molar-refractivity contribution is 0.256. The minimum absolute atomic E-state index is 0.177. The number of carbonyl (C=O) groups is 1. The lowest BCUT2D eigenvalue weighted by Gasteiger charge is -2.29. The summed E-state index contributed by atoms with van der Waals surface area (Å²) < 4.78 is 12.9. The monoisotopic (exact) mass is 270 g/mol. The summed E-state index contributed by atoms with van der Waals surface area (Å²) in [6.45, 7) is 0.698. The molecule has 1 aliphatic rings. The van der Waals surface area contributed by atoms with Gasteiger partial charge in [0.1, 0.15) is 5.82 Å². The summed E-state index contributed by atoms with van der Waals surface area (Å²) in [5.41, 5.74) is 2.74. The molecule has 0 aromatic heterocycles. The van der Waals surface area contributed by atoms with Gasteiger partial charge in [0.05, 0.1) is 0 Å². The Morgan fingerprint density at radius 2 is 1.85 bits per heavy atom. The molecular weight excluding hydrogens is 255 g/mol. The van der Waals surface area contributed by atoms with Gasteiger partial charge in [-0.05, 0) is 48.7 Å². The highest BCUT2D eigenvalue weighted by Gasteiger charge is 2.21. The summed E-state index contributed by atoms with van der Waals surface area (Å²) in [5.74, 6) is -0.314. The van der Waals surface area contributed by atoms with Gasteiger partial charge in [-0.2, -0.15) is 0 Å². The summed E-state index contributed by atoms with van der Waals surface area (Å²) in [6, 6.07) is 13.5. The van der Waals surface area contributed by atoms with E-state index < -0.39 is 0 Å². The van der Waals surface area contributed by atoms with Crippen molar-refractivity contribution in [3.63, 3.8) is 0 Å². The molecule has 0 radical (unpaired) electrons. The molecule has 2 aromatic rings. The van der Waals surface area contributed by atoms with Gasteiger partial charge in [0, 0.05) is 17.9 Å². The molecule has 0 atom stereocenters. The molecule has 0 aliphatic carbocycles. The van der Waals surface area contributed by atoms with Crippen molar-refractivity contribution >= 4 is 17.4 Å². The third-order valence-electron chi connectivity index (χ3n) is 3.45. The number of amides is 2. The van der Waals surface area contributed by atoms with Crippen molar-refractivity contribution < 1.29 is 9.18 Å². The molecule has 0 saturated heterocycles. The van der Waals surface area contributed by atoms with Crippen LogP contribution in [0.3, 0.4) is 0 Å². The van der Waals surface area contributed by atoms with Gasteiger partial charge in [-0.3, -0.25) is 4.90 Å². The third kappa shape index (κ3) is 2.50. The zero-order valence-electron chi connectivity index (χ0n) is 11.0. The van der Waals surface area contributed by atoms with Gasteiger partial charge in [0.15, 0.2) is 0 Å². The predicted molar refractivity (Wildman–Crippen MR) is 77.5 cm³/mol. The van der Waals surface area contributed by atoms with E-state index in [1.165, 1.54) is 17.7 Å². The van der Waals surface area contributed by atoms with E-state index in [-0.39, 0.29) is 11.8 Å². The number of nitrogens with zero attached hydrogens (tertiary/aromatic N) is 1. The van der Waals surface area contributed by atoms with Crippen molar-refractivity contribution in [1.82, 2.24) is 0 Å². The van der Waals surface area contributed by atoms with Crippen molar-refractivity contribution in [1.29, 1.82) is 0 Å². The largest absolute Gasteiger partial charge is 0.326 e. The average molecular weight is 270 g/mol. The van der Waals surface area contributed by atoms with E-state index in [9.17, 15) is 9.18 Å². The van der Waals surface area contributed by atoms with E-state index in [1.54, 1.807) is 17.0 Å².